The molecule has 2 nitrogen and oxygen atoms in total. The second-order valence-electron chi connectivity index (χ2n) is 3.84. The third-order valence-corrected chi connectivity index (χ3v) is 1.81. The zero-order chi connectivity index (χ0) is 9.19. The van der Waals surface area contributed by atoms with E-state index in [2.05, 4.69) is 25.8 Å². The van der Waals surface area contributed by atoms with E-state index in [1.54, 1.807) is 13.3 Å². The van der Waals surface area contributed by atoms with Crippen LogP contribution in [0.1, 0.15) is 26.3 Å². The third-order valence-electron chi connectivity index (χ3n) is 1.81. The van der Waals surface area contributed by atoms with Crippen molar-refractivity contribution in [3.8, 4) is 5.88 Å². The molecule has 1 rings (SSSR count). The number of rotatable bonds is 1. The lowest BCUT2D eigenvalue weighted by Crippen LogP contribution is -2.11. The first-order valence-electron chi connectivity index (χ1n) is 4.04. The highest BCUT2D eigenvalue weighted by Gasteiger charge is 2.13. The third kappa shape index (κ3) is 1.97. The number of nitrogens with zero attached hydrogens (tertiary/aromatic N) is 1. The van der Waals surface area contributed by atoms with Gasteiger partial charge in [0.25, 0.3) is 0 Å². The van der Waals surface area contributed by atoms with Crippen LogP contribution >= 0.6 is 0 Å². The van der Waals surface area contributed by atoms with E-state index in [9.17, 15) is 0 Å². The summed E-state index contributed by atoms with van der Waals surface area (Å²) < 4.78 is 5.04. The standard InChI is InChI=1S/C10H15NO/c1-10(2,3)8-5-6-11-9(7-8)12-4/h5-7H,1-4H3. The number of hydrogen-bond acceptors (Lipinski definition) is 2. The van der Waals surface area contributed by atoms with E-state index < -0.39 is 0 Å². The average molecular weight is 165 g/mol. The Labute approximate surface area is 73.6 Å². The van der Waals surface area contributed by atoms with Gasteiger partial charge in [0.15, 0.2) is 0 Å². The lowest BCUT2D eigenvalue weighted by atomic mass is 9.88. The number of pyridine rings is 1. The minimum atomic E-state index is 0.163. The molecular formula is C10H15NO. The number of ether oxygens (including phenoxy) is 1. The number of aromatic nitrogens is 1. The van der Waals surface area contributed by atoms with Crippen LogP contribution in [0.15, 0.2) is 18.3 Å². The van der Waals surface area contributed by atoms with Crippen molar-refractivity contribution in [1.82, 2.24) is 4.98 Å². The summed E-state index contributed by atoms with van der Waals surface area (Å²) in [5.74, 6) is 0.683. The fourth-order valence-corrected chi connectivity index (χ4v) is 0.988. The Bertz CT molecular complexity index is 263. The van der Waals surface area contributed by atoms with Gasteiger partial charge in [0, 0.05) is 12.3 Å². The quantitative estimate of drug-likeness (QED) is 0.637. The van der Waals surface area contributed by atoms with Crippen LogP contribution in [0.3, 0.4) is 0 Å². The average Bonchev–Trinajstić information content (AvgIpc) is 2.03. The summed E-state index contributed by atoms with van der Waals surface area (Å²) in [5.41, 5.74) is 1.41. The van der Waals surface area contributed by atoms with Crippen molar-refractivity contribution < 1.29 is 4.74 Å². The monoisotopic (exact) mass is 165 g/mol. The van der Waals surface area contributed by atoms with Crippen molar-refractivity contribution in [2.24, 2.45) is 0 Å². The van der Waals surface area contributed by atoms with Crippen LogP contribution in [-0.4, -0.2) is 12.1 Å². The highest BCUT2D eigenvalue weighted by Crippen LogP contribution is 2.23. The van der Waals surface area contributed by atoms with Gasteiger partial charge in [-0.1, -0.05) is 20.8 Å². The first-order chi connectivity index (χ1) is 5.54. The van der Waals surface area contributed by atoms with Crippen molar-refractivity contribution in [2.45, 2.75) is 26.2 Å². The van der Waals surface area contributed by atoms with Gasteiger partial charge in [-0.3, -0.25) is 0 Å². The second kappa shape index (κ2) is 3.13. The molecule has 0 saturated heterocycles. The predicted molar refractivity (Wildman–Crippen MR) is 49.5 cm³/mol. The van der Waals surface area contributed by atoms with Crippen molar-refractivity contribution in [1.29, 1.82) is 0 Å². The molecule has 0 aromatic carbocycles. The van der Waals surface area contributed by atoms with E-state index in [0.717, 1.165) is 0 Å². The maximum absolute atomic E-state index is 5.04. The summed E-state index contributed by atoms with van der Waals surface area (Å²) >= 11 is 0. The summed E-state index contributed by atoms with van der Waals surface area (Å²) in [4.78, 5) is 4.05. The van der Waals surface area contributed by atoms with E-state index in [4.69, 9.17) is 4.74 Å². The highest BCUT2D eigenvalue weighted by atomic mass is 16.5. The zero-order valence-corrected chi connectivity index (χ0v) is 8.09. The van der Waals surface area contributed by atoms with E-state index in [1.165, 1.54) is 5.56 Å². The van der Waals surface area contributed by atoms with Crippen LogP contribution in [0.5, 0.6) is 5.88 Å². The van der Waals surface area contributed by atoms with Gasteiger partial charge in [-0.2, -0.15) is 0 Å². The summed E-state index contributed by atoms with van der Waals surface area (Å²) in [6.45, 7) is 6.51. The molecule has 0 fully saturated rings. The topological polar surface area (TPSA) is 22.1 Å². The molecule has 0 amide bonds. The van der Waals surface area contributed by atoms with Gasteiger partial charge in [0.2, 0.25) is 5.88 Å². The minimum Gasteiger partial charge on any atom is -0.481 e. The zero-order valence-electron chi connectivity index (χ0n) is 8.09. The lowest BCUT2D eigenvalue weighted by molar-refractivity contribution is 0.395. The molecule has 0 aliphatic heterocycles. The van der Waals surface area contributed by atoms with Gasteiger partial charge < -0.3 is 4.74 Å². The summed E-state index contributed by atoms with van der Waals surface area (Å²) in [6, 6.07) is 3.99. The fraction of sp³-hybridized carbons (Fsp3) is 0.500. The smallest absolute Gasteiger partial charge is 0.213 e. The first kappa shape index (κ1) is 9.04. The highest BCUT2D eigenvalue weighted by molar-refractivity contribution is 5.26. The van der Waals surface area contributed by atoms with Crippen LogP contribution in [0, 0.1) is 0 Å². The minimum absolute atomic E-state index is 0.163. The molecule has 1 aromatic heterocycles. The Hall–Kier alpha value is -1.05. The molecule has 1 heterocycles. The van der Waals surface area contributed by atoms with Crippen LogP contribution in [-0.2, 0) is 5.41 Å². The molecule has 0 aliphatic carbocycles. The van der Waals surface area contributed by atoms with E-state index in [-0.39, 0.29) is 5.41 Å². The largest absolute Gasteiger partial charge is 0.481 e. The molecule has 0 atom stereocenters. The Balaban J connectivity index is 3.02. The summed E-state index contributed by atoms with van der Waals surface area (Å²) in [6.07, 6.45) is 1.78. The molecule has 0 radical (unpaired) electrons. The van der Waals surface area contributed by atoms with Crippen molar-refractivity contribution in [3.05, 3.63) is 23.9 Å². The molecule has 0 bridgehead atoms. The predicted octanol–water partition coefficient (Wildman–Crippen LogP) is 2.39. The first-order valence-corrected chi connectivity index (χ1v) is 4.04. The molecule has 1 aromatic rings. The van der Waals surface area contributed by atoms with Crippen LogP contribution in [0.25, 0.3) is 0 Å². The van der Waals surface area contributed by atoms with Gasteiger partial charge >= 0.3 is 0 Å². The maximum atomic E-state index is 5.04. The molecule has 0 unspecified atom stereocenters. The Kier molecular flexibility index (Phi) is 2.36. The molecule has 12 heavy (non-hydrogen) atoms. The van der Waals surface area contributed by atoms with Gasteiger partial charge in [-0.05, 0) is 17.0 Å². The molecular weight excluding hydrogens is 150 g/mol. The Morgan fingerprint density at radius 3 is 2.50 bits per heavy atom. The molecule has 66 valence electrons. The van der Waals surface area contributed by atoms with Gasteiger partial charge in [0.1, 0.15) is 0 Å². The summed E-state index contributed by atoms with van der Waals surface area (Å²) in [5, 5.41) is 0. The molecule has 0 spiro atoms. The molecule has 0 N–H and O–H groups in total. The van der Waals surface area contributed by atoms with E-state index >= 15 is 0 Å². The Morgan fingerprint density at radius 2 is 2.00 bits per heavy atom. The number of methoxy groups -OCH3 is 1. The normalized spacial score (nSPS) is 11.3. The van der Waals surface area contributed by atoms with Crippen molar-refractivity contribution >= 4 is 0 Å². The van der Waals surface area contributed by atoms with Gasteiger partial charge in [-0.15, -0.1) is 0 Å². The van der Waals surface area contributed by atoms with Gasteiger partial charge in [-0.25, -0.2) is 4.98 Å². The van der Waals surface area contributed by atoms with Crippen LogP contribution < -0.4 is 4.74 Å². The van der Waals surface area contributed by atoms with Crippen LogP contribution in [0.2, 0.25) is 0 Å². The SMILES string of the molecule is COc1cc(C(C)(C)C)ccn1. The van der Waals surface area contributed by atoms with Crippen molar-refractivity contribution in [2.75, 3.05) is 7.11 Å². The van der Waals surface area contributed by atoms with E-state index in [1.807, 2.05) is 12.1 Å². The maximum Gasteiger partial charge on any atom is 0.213 e. The molecule has 0 saturated carbocycles. The van der Waals surface area contributed by atoms with Crippen LogP contribution in [0.4, 0.5) is 0 Å². The van der Waals surface area contributed by atoms with Crippen molar-refractivity contribution in [3.63, 3.8) is 0 Å². The summed E-state index contributed by atoms with van der Waals surface area (Å²) in [7, 11) is 1.63. The number of hydrogen-bond donors (Lipinski definition) is 0. The Morgan fingerprint density at radius 1 is 1.33 bits per heavy atom. The molecule has 0 aliphatic rings. The fourth-order valence-electron chi connectivity index (χ4n) is 0.988. The molecule has 2 heteroatoms. The van der Waals surface area contributed by atoms with E-state index in [0.29, 0.717) is 5.88 Å². The second-order valence-corrected chi connectivity index (χ2v) is 3.84. The lowest BCUT2D eigenvalue weighted by Gasteiger charge is -2.18. The van der Waals surface area contributed by atoms with Gasteiger partial charge in [0.05, 0.1) is 7.11 Å².